The summed E-state index contributed by atoms with van der Waals surface area (Å²) in [7, 11) is -1.30. The van der Waals surface area contributed by atoms with E-state index in [0.29, 0.717) is 12.0 Å². The molecule has 0 spiro atoms. The van der Waals surface area contributed by atoms with Crippen LogP contribution in [-0.2, 0) is 0 Å². The van der Waals surface area contributed by atoms with Crippen molar-refractivity contribution >= 4 is 8.07 Å². The van der Waals surface area contributed by atoms with Crippen LogP contribution in [0.25, 0.3) is 0 Å². The van der Waals surface area contributed by atoms with Gasteiger partial charge in [0.25, 0.3) is 0 Å². The summed E-state index contributed by atoms with van der Waals surface area (Å²) in [5.74, 6) is 0.701. The van der Waals surface area contributed by atoms with E-state index in [0.717, 1.165) is 0 Å². The minimum Gasteiger partial charge on any atom is -0.381 e. The van der Waals surface area contributed by atoms with Gasteiger partial charge < -0.3 is 5.32 Å². The second kappa shape index (κ2) is 6.23. The molecular formula is C19H29NSi. The van der Waals surface area contributed by atoms with Gasteiger partial charge in [-0.2, -0.15) is 0 Å². The van der Waals surface area contributed by atoms with E-state index in [1.165, 1.54) is 17.5 Å². The number of aryl methyl sites for hydroxylation is 1. The Bertz CT molecular complexity index is 561. The van der Waals surface area contributed by atoms with Crippen molar-refractivity contribution in [2.75, 3.05) is 0 Å². The van der Waals surface area contributed by atoms with E-state index < -0.39 is 8.07 Å². The predicted molar refractivity (Wildman–Crippen MR) is 96.0 cm³/mol. The Morgan fingerprint density at radius 3 is 2.38 bits per heavy atom. The van der Waals surface area contributed by atoms with Crippen molar-refractivity contribution in [2.45, 2.75) is 52.9 Å². The molecule has 1 aliphatic rings. The molecule has 0 aromatic heterocycles. The summed E-state index contributed by atoms with van der Waals surface area (Å²) in [6.45, 7) is 14.1. The number of benzene rings is 1. The molecule has 114 valence electrons. The van der Waals surface area contributed by atoms with Crippen LogP contribution in [0.2, 0.25) is 19.6 Å². The molecule has 0 aliphatic carbocycles. The van der Waals surface area contributed by atoms with Crippen molar-refractivity contribution < 1.29 is 0 Å². The SMILES string of the molecule is Cc1ccccc1C1C=C(CC(C)C)C([Si](C)(C)C)=CN1. The van der Waals surface area contributed by atoms with Crippen LogP contribution in [-0.4, -0.2) is 8.07 Å². The van der Waals surface area contributed by atoms with Gasteiger partial charge in [0.05, 0.1) is 14.1 Å². The van der Waals surface area contributed by atoms with Crippen LogP contribution < -0.4 is 5.32 Å². The smallest absolute Gasteiger partial charge is 0.0798 e. The normalized spacial score (nSPS) is 19.1. The highest BCUT2D eigenvalue weighted by Crippen LogP contribution is 2.33. The van der Waals surface area contributed by atoms with Crippen LogP contribution in [0.5, 0.6) is 0 Å². The van der Waals surface area contributed by atoms with Crippen molar-refractivity contribution in [3.05, 3.63) is 58.4 Å². The zero-order valence-electron chi connectivity index (χ0n) is 14.3. The maximum absolute atomic E-state index is 3.63. The van der Waals surface area contributed by atoms with Crippen LogP contribution in [0.4, 0.5) is 0 Å². The van der Waals surface area contributed by atoms with Crippen molar-refractivity contribution in [1.82, 2.24) is 5.32 Å². The second-order valence-electron chi connectivity index (χ2n) is 7.60. The average Bonchev–Trinajstić information content (AvgIpc) is 2.37. The van der Waals surface area contributed by atoms with Gasteiger partial charge in [0, 0.05) is 0 Å². The fraction of sp³-hybridized carbons (Fsp3) is 0.474. The van der Waals surface area contributed by atoms with Gasteiger partial charge in [-0.25, -0.2) is 0 Å². The highest BCUT2D eigenvalue weighted by atomic mass is 28.3. The number of hydrogen-bond donors (Lipinski definition) is 1. The average molecular weight is 300 g/mol. The van der Waals surface area contributed by atoms with Gasteiger partial charge in [-0.15, -0.1) is 0 Å². The van der Waals surface area contributed by atoms with E-state index in [1.54, 1.807) is 10.8 Å². The van der Waals surface area contributed by atoms with E-state index in [-0.39, 0.29) is 0 Å². The van der Waals surface area contributed by atoms with Crippen molar-refractivity contribution in [3.8, 4) is 0 Å². The highest BCUT2D eigenvalue weighted by molar-refractivity contribution is 6.84. The minimum absolute atomic E-state index is 0.319. The summed E-state index contributed by atoms with van der Waals surface area (Å²) >= 11 is 0. The first-order valence-electron chi connectivity index (χ1n) is 8.02. The summed E-state index contributed by atoms with van der Waals surface area (Å²) < 4.78 is 0. The van der Waals surface area contributed by atoms with Crippen molar-refractivity contribution in [2.24, 2.45) is 5.92 Å². The summed E-state index contributed by atoms with van der Waals surface area (Å²) in [4.78, 5) is 0. The van der Waals surface area contributed by atoms with E-state index in [1.807, 2.05) is 0 Å². The first-order chi connectivity index (χ1) is 9.79. The Morgan fingerprint density at radius 2 is 1.81 bits per heavy atom. The zero-order valence-corrected chi connectivity index (χ0v) is 15.3. The molecule has 1 nitrogen and oxygen atoms in total. The number of allylic oxidation sites excluding steroid dienone is 2. The number of dihydropyridines is 1. The lowest BCUT2D eigenvalue weighted by Gasteiger charge is -2.31. The summed E-state index contributed by atoms with van der Waals surface area (Å²) in [5, 5.41) is 5.22. The predicted octanol–water partition coefficient (Wildman–Crippen LogP) is 5.37. The first kappa shape index (κ1) is 16.1. The van der Waals surface area contributed by atoms with Gasteiger partial charge in [0.1, 0.15) is 0 Å². The molecule has 1 N–H and O–H groups in total. The van der Waals surface area contributed by atoms with Crippen molar-refractivity contribution in [3.63, 3.8) is 0 Å². The third-order valence-electron chi connectivity index (χ3n) is 4.08. The molecule has 0 fully saturated rings. The number of hydrogen-bond acceptors (Lipinski definition) is 1. The molecule has 2 heteroatoms. The van der Waals surface area contributed by atoms with Crippen LogP contribution in [0, 0.1) is 12.8 Å². The van der Waals surface area contributed by atoms with Crippen LogP contribution in [0.1, 0.15) is 37.4 Å². The second-order valence-corrected chi connectivity index (χ2v) is 12.6. The molecule has 0 radical (unpaired) electrons. The molecule has 0 saturated heterocycles. The molecule has 0 saturated carbocycles. The van der Waals surface area contributed by atoms with Gasteiger partial charge >= 0.3 is 0 Å². The summed E-state index contributed by atoms with van der Waals surface area (Å²) in [6, 6.07) is 9.01. The van der Waals surface area contributed by atoms with Gasteiger partial charge in [-0.1, -0.05) is 63.8 Å². The zero-order chi connectivity index (χ0) is 15.6. The lowest BCUT2D eigenvalue weighted by molar-refractivity contribution is 0.631. The number of rotatable bonds is 4. The lowest BCUT2D eigenvalue weighted by atomic mass is 9.94. The quantitative estimate of drug-likeness (QED) is 0.737. The highest BCUT2D eigenvalue weighted by Gasteiger charge is 2.27. The third kappa shape index (κ3) is 3.88. The molecule has 0 bridgehead atoms. The lowest BCUT2D eigenvalue weighted by Crippen LogP contribution is -2.31. The molecule has 1 unspecified atom stereocenters. The minimum atomic E-state index is -1.30. The number of nitrogens with one attached hydrogen (secondary N) is 1. The summed E-state index contributed by atoms with van der Waals surface area (Å²) in [5.41, 5.74) is 4.32. The van der Waals surface area contributed by atoms with E-state index in [9.17, 15) is 0 Å². The molecule has 1 aromatic carbocycles. The maximum Gasteiger partial charge on any atom is 0.0798 e. The molecule has 0 amide bonds. The maximum atomic E-state index is 3.63. The first-order valence-corrected chi connectivity index (χ1v) is 11.5. The third-order valence-corrected chi connectivity index (χ3v) is 6.16. The standard InChI is InChI=1S/C19H29NSi/c1-14(2)11-16-12-18(17-10-8-7-9-15(17)3)20-13-19(16)21(4,5)6/h7-10,12-14,18,20H,11H2,1-6H3. The van der Waals surface area contributed by atoms with E-state index in [2.05, 4.69) is 82.3 Å². The monoisotopic (exact) mass is 299 g/mol. The molecule has 1 heterocycles. The summed E-state index contributed by atoms with van der Waals surface area (Å²) in [6.07, 6.45) is 5.96. The van der Waals surface area contributed by atoms with Crippen molar-refractivity contribution in [1.29, 1.82) is 0 Å². The topological polar surface area (TPSA) is 12.0 Å². The van der Waals surface area contributed by atoms with Crippen LogP contribution >= 0.6 is 0 Å². The molecule has 21 heavy (non-hydrogen) atoms. The Labute approximate surface area is 131 Å². The fourth-order valence-corrected chi connectivity index (χ4v) is 4.70. The Morgan fingerprint density at radius 1 is 1.14 bits per heavy atom. The Hall–Kier alpha value is -1.28. The Kier molecular flexibility index (Phi) is 4.77. The van der Waals surface area contributed by atoms with E-state index in [4.69, 9.17) is 0 Å². The van der Waals surface area contributed by atoms with Gasteiger partial charge in [0.2, 0.25) is 0 Å². The van der Waals surface area contributed by atoms with Gasteiger partial charge in [-0.3, -0.25) is 0 Å². The molecule has 1 aromatic rings. The van der Waals surface area contributed by atoms with Gasteiger partial charge in [-0.05, 0) is 47.4 Å². The largest absolute Gasteiger partial charge is 0.381 e. The van der Waals surface area contributed by atoms with Gasteiger partial charge in [0.15, 0.2) is 0 Å². The molecular weight excluding hydrogens is 270 g/mol. The molecule has 1 aliphatic heterocycles. The van der Waals surface area contributed by atoms with Crippen LogP contribution in [0.3, 0.4) is 0 Å². The van der Waals surface area contributed by atoms with E-state index >= 15 is 0 Å². The fourth-order valence-electron chi connectivity index (χ4n) is 3.04. The Balaban J connectivity index is 2.36. The molecule has 2 rings (SSSR count). The molecule has 1 atom stereocenters. The van der Waals surface area contributed by atoms with Crippen LogP contribution in [0.15, 0.2) is 47.3 Å².